The number of nitrogens with one attached hydrogen (secondary N) is 2. The normalized spacial score (nSPS) is 22.4. The Balaban J connectivity index is 1.71. The number of benzene rings is 1. The third kappa shape index (κ3) is 2.59. The van der Waals surface area contributed by atoms with Crippen molar-refractivity contribution < 1.29 is 4.74 Å². The lowest BCUT2D eigenvalue weighted by atomic mass is 10.0. The highest BCUT2D eigenvalue weighted by Crippen LogP contribution is 2.30. The predicted octanol–water partition coefficient (Wildman–Crippen LogP) is 2.37. The molecule has 0 amide bonds. The van der Waals surface area contributed by atoms with Gasteiger partial charge >= 0.3 is 0 Å². The van der Waals surface area contributed by atoms with E-state index in [-0.39, 0.29) is 6.04 Å². The number of nitrogens with zero attached hydrogens (tertiary/aromatic N) is 1. The number of ether oxygens (including phenoxy) is 1. The first-order chi connectivity index (χ1) is 9.36. The smallest absolute Gasteiger partial charge is 0.118 e. The quantitative estimate of drug-likeness (QED) is 0.884. The fourth-order valence-corrected chi connectivity index (χ4v) is 2.39. The van der Waals surface area contributed by atoms with E-state index in [4.69, 9.17) is 4.74 Å². The van der Waals surface area contributed by atoms with Crippen LogP contribution in [0.5, 0.6) is 5.75 Å². The molecule has 0 spiro atoms. The van der Waals surface area contributed by atoms with Crippen molar-refractivity contribution in [2.45, 2.75) is 18.5 Å². The number of methoxy groups -OCH3 is 1. The summed E-state index contributed by atoms with van der Waals surface area (Å²) in [6, 6.07) is 14.7. The second-order valence-corrected chi connectivity index (χ2v) is 4.66. The van der Waals surface area contributed by atoms with Crippen LogP contribution in [0.3, 0.4) is 0 Å². The minimum atomic E-state index is 0.258. The van der Waals surface area contributed by atoms with Gasteiger partial charge in [0.2, 0.25) is 0 Å². The van der Waals surface area contributed by atoms with Crippen molar-refractivity contribution >= 4 is 0 Å². The average molecular weight is 255 g/mol. The van der Waals surface area contributed by atoms with Gasteiger partial charge < -0.3 is 4.74 Å². The highest BCUT2D eigenvalue weighted by atomic mass is 16.5. The van der Waals surface area contributed by atoms with Crippen LogP contribution in [0, 0.1) is 0 Å². The molecule has 1 aromatic carbocycles. The third-order valence-electron chi connectivity index (χ3n) is 3.47. The van der Waals surface area contributed by atoms with E-state index in [0.717, 1.165) is 17.9 Å². The summed E-state index contributed by atoms with van der Waals surface area (Å²) in [5.74, 6) is 0.885. The summed E-state index contributed by atoms with van der Waals surface area (Å²) in [6.07, 6.45) is 2.82. The second-order valence-electron chi connectivity index (χ2n) is 4.66. The standard InChI is InChI=1S/C15H17N3O/c1-19-12-7-5-11(6-8-12)14-10-15(18-17-14)13-4-2-3-9-16-13/h2-9,14-15,17-18H,10H2,1H3. The number of hydrogen-bond donors (Lipinski definition) is 2. The minimum absolute atomic E-state index is 0.258. The van der Waals surface area contributed by atoms with E-state index < -0.39 is 0 Å². The van der Waals surface area contributed by atoms with Crippen molar-refractivity contribution in [2.24, 2.45) is 0 Å². The summed E-state index contributed by atoms with van der Waals surface area (Å²) in [4.78, 5) is 4.39. The second kappa shape index (κ2) is 5.38. The van der Waals surface area contributed by atoms with Crippen LogP contribution in [0.15, 0.2) is 48.7 Å². The van der Waals surface area contributed by atoms with Gasteiger partial charge in [0.25, 0.3) is 0 Å². The molecule has 1 aliphatic heterocycles. The topological polar surface area (TPSA) is 46.2 Å². The van der Waals surface area contributed by atoms with Crippen molar-refractivity contribution in [2.75, 3.05) is 7.11 Å². The fraction of sp³-hybridized carbons (Fsp3) is 0.267. The summed E-state index contributed by atoms with van der Waals surface area (Å²) in [5.41, 5.74) is 8.97. The van der Waals surface area contributed by atoms with Crippen LogP contribution < -0.4 is 15.6 Å². The van der Waals surface area contributed by atoms with Crippen molar-refractivity contribution in [3.63, 3.8) is 0 Å². The highest BCUT2D eigenvalue weighted by Gasteiger charge is 2.26. The largest absolute Gasteiger partial charge is 0.497 e. The van der Waals surface area contributed by atoms with Crippen LogP contribution in [0.1, 0.15) is 29.8 Å². The zero-order valence-corrected chi connectivity index (χ0v) is 10.8. The summed E-state index contributed by atoms with van der Waals surface area (Å²) < 4.78 is 5.18. The summed E-state index contributed by atoms with van der Waals surface area (Å²) in [6.45, 7) is 0. The van der Waals surface area contributed by atoms with Gasteiger partial charge in [-0.25, -0.2) is 10.9 Å². The van der Waals surface area contributed by atoms with Crippen molar-refractivity contribution in [3.05, 3.63) is 59.9 Å². The van der Waals surface area contributed by atoms with E-state index >= 15 is 0 Å². The average Bonchev–Trinajstić information content (AvgIpc) is 2.98. The molecule has 2 atom stereocenters. The van der Waals surface area contributed by atoms with Gasteiger partial charge in [-0.3, -0.25) is 4.98 Å². The number of hydrogen-bond acceptors (Lipinski definition) is 4. The van der Waals surface area contributed by atoms with Gasteiger partial charge in [0.05, 0.1) is 18.8 Å². The lowest BCUT2D eigenvalue weighted by Crippen LogP contribution is -2.26. The zero-order valence-electron chi connectivity index (χ0n) is 10.8. The molecule has 2 unspecified atom stereocenters. The number of aromatic nitrogens is 1. The molecule has 3 rings (SSSR count). The lowest BCUT2D eigenvalue weighted by Gasteiger charge is -2.10. The van der Waals surface area contributed by atoms with E-state index in [9.17, 15) is 0 Å². The molecule has 1 aliphatic rings. The molecular formula is C15H17N3O. The van der Waals surface area contributed by atoms with Crippen LogP contribution in [0.4, 0.5) is 0 Å². The first-order valence-corrected chi connectivity index (χ1v) is 6.43. The van der Waals surface area contributed by atoms with Gasteiger partial charge in [0.15, 0.2) is 0 Å². The monoisotopic (exact) mass is 255 g/mol. The summed E-state index contributed by atoms with van der Waals surface area (Å²) >= 11 is 0. The molecule has 98 valence electrons. The van der Waals surface area contributed by atoms with Gasteiger partial charge in [-0.1, -0.05) is 18.2 Å². The SMILES string of the molecule is COc1ccc(C2CC(c3ccccn3)NN2)cc1. The highest BCUT2D eigenvalue weighted by molar-refractivity contribution is 5.30. The van der Waals surface area contributed by atoms with Gasteiger partial charge in [-0.05, 0) is 36.2 Å². The molecule has 1 fully saturated rings. The number of rotatable bonds is 3. The number of pyridine rings is 1. The molecule has 1 saturated heterocycles. The van der Waals surface area contributed by atoms with Gasteiger partial charge in [0.1, 0.15) is 5.75 Å². The van der Waals surface area contributed by atoms with Crippen LogP contribution in [0.25, 0.3) is 0 Å². The molecule has 0 aliphatic carbocycles. The molecule has 4 heteroatoms. The van der Waals surface area contributed by atoms with E-state index in [0.29, 0.717) is 6.04 Å². The van der Waals surface area contributed by atoms with Crippen LogP contribution in [-0.2, 0) is 0 Å². The minimum Gasteiger partial charge on any atom is -0.497 e. The molecular weight excluding hydrogens is 238 g/mol. The lowest BCUT2D eigenvalue weighted by molar-refractivity contribution is 0.414. The Morgan fingerprint density at radius 3 is 2.53 bits per heavy atom. The Morgan fingerprint density at radius 1 is 1.05 bits per heavy atom. The van der Waals surface area contributed by atoms with Crippen LogP contribution >= 0.6 is 0 Å². The third-order valence-corrected chi connectivity index (χ3v) is 3.47. The molecule has 19 heavy (non-hydrogen) atoms. The number of hydrazine groups is 1. The van der Waals surface area contributed by atoms with Gasteiger partial charge in [-0.2, -0.15) is 0 Å². The molecule has 2 heterocycles. The molecule has 2 aromatic rings. The van der Waals surface area contributed by atoms with Crippen molar-refractivity contribution in [1.82, 2.24) is 15.8 Å². The molecule has 0 radical (unpaired) electrons. The van der Waals surface area contributed by atoms with E-state index in [1.165, 1.54) is 5.56 Å². The van der Waals surface area contributed by atoms with E-state index in [2.05, 4.69) is 34.0 Å². The molecule has 0 saturated carbocycles. The van der Waals surface area contributed by atoms with E-state index in [1.807, 2.05) is 30.5 Å². The van der Waals surface area contributed by atoms with Crippen molar-refractivity contribution in [3.8, 4) is 5.75 Å². The maximum absolute atomic E-state index is 5.18. The molecule has 2 N–H and O–H groups in total. The Bertz CT molecular complexity index is 527. The van der Waals surface area contributed by atoms with E-state index in [1.54, 1.807) is 7.11 Å². The first kappa shape index (κ1) is 12.1. The Hall–Kier alpha value is -1.91. The molecule has 4 nitrogen and oxygen atoms in total. The first-order valence-electron chi connectivity index (χ1n) is 6.43. The summed E-state index contributed by atoms with van der Waals surface area (Å²) in [5, 5.41) is 0. The molecule has 1 aromatic heterocycles. The van der Waals surface area contributed by atoms with Crippen molar-refractivity contribution in [1.29, 1.82) is 0 Å². The Labute approximate surface area is 112 Å². The van der Waals surface area contributed by atoms with Crippen LogP contribution in [0.2, 0.25) is 0 Å². The Kier molecular flexibility index (Phi) is 3.44. The fourth-order valence-electron chi connectivity index (χ4n) is 2.39. The molecule has 0 bridgehead atoms. The maximum Gasteiger partial charge on any atom is 0.118 e. The van der Waals surface area contributed by atoms with Crippen LogP contribution in [-0.4, -0.2) is 12.1 Å². The zero-order chi connectivity index (χ0) is 13.1. The maximum atomic E-state index is 5.18. The predicted molar refractivity (Wildman–Crippen MR) is 73.6 cm³/mol. The van der Waals surface area contributed by atoms with Gasteiger partial charge in [-0.15, -0.1) is 0 Å². The van der Waals surface area contributed by atoms with Gasteiger partial charge in [0, 0.05) is 12.2 Å². The summed E-state index contributed by atoms with van der Waals surface area (Å²) in [7, 11) is 1.68. The Morgan fingerprint density at radius 2 is 1.84 bits per heavy atom.